The molecule has 1 rings (SSSR count). The molecule has 2 N–H and O–H groups in total. The number of ketones is 1. The molecule has 1 amide bonds. The second-order valence-corrected chi connectivity index (χ2v) is 6.26. The van der Waals surface area contributed by atoms with Crippen LogP contribution in [0, 0.1) is 5.41 Å². The summed E-state index contributed by atoms with van der Waals surface area (Å²) in [5.41, 5.74) is 0.464. The fraction of sp³-hybridized carbons (Fsp3) is 0.467. The van der Waals surface area contributed by atoms with Crippen molar-refractivity contribution in [2.45, 2.75) is 38.6 Å². The summed E-state index contributed by atoms with van der Waals surface area (Å²) in [6.45, 7) is 5.55. The molecule has 0 heterocycles. The smallest absolute Gasteiger partial charge is 0.405 e. The van der Waals surface area contributed by atoms with E-state index in [2.05, 4.69) is 5.32 Å². The zero-order valence-corrected chi connectivity index (χ0v) is 12.6. The normalized spacial score (nSPS) is 14.4. The average Bonchev–Trinajstić information content (AvgIpc) is 2.36. The van der Waals surface area contributed by atoms with Crippen molar-refractivity contribution >= 4 is 23.5 Å². The standard InChI is InChI=1S/C15H20ClNO3/c1-15(2,3)13(16)12(18)11(17-14(19)20)9-10-7-5-4-6-8-10/h4-8,11,13,17H,9H2,1-3H3,(H,19,20)/t11?,13-/m1/s1. The molecular formula is C15H20ClNO3. The Labute approximate surface area is 124 Å². The van der Waals surface area contributed by atoms with E-state index in [1.165, 1.54) is 0 Å². The summed E-state index contributed by atoms with van der Waals surface area (Å²) < 4.78 is 0. The average molecular weight is 298 g/mol. The summed E-state index contributed by atoms with van der Waals surface area (Å²) in [5.74, 6) is -0.301. The quantitative estimate of drug-likeness (QED) is 0.821. The molecule has 0 saturated carbocycles. The molecule has 0 saturated heterocycles. The van der Waals surface area contributed by atoms with Crippen LogP contribution in [0.25, 0.3) is 0 Å². The van der Waals surface area contributed by atoms with Gasteiger partial charge in [0, 0.05) is 0 Å². The van der Waals surface area contributed by atoms with E-state index in [-0.39, 0.29) is 5.78 Å². The molecule has 1 aromatic rings. The number of hydrogen-bond donors (Lipinski definition) is 2. The van der Waals surface area contributed by atoms with Crippen molar-refractivity contribution in [1.29, 1.82) is 0 Å². The van der Waals surface area contributed by atoms with Gasteiger partial charge in [0.25, 0.3) is 0 Å². The van der Waals surface area contributed by atoms with E-state index in [0.29, 0.717) is 6.42 Å². The number of carbonyl (C=O) groups excluding carboxylic acids is 1. The van der Waals surface area contributed by atoms with Crippen LogP contribution in [0.15, 0.2) is 30.3 Å². The zero-order valence-electron chi connectivity index (χ0n) is 11.9. The Bertz CT molecular complexity index is 468. The largest absolute Gasteiger partial charge is 0.465 e. The molecule has 0 bridgehead atoms. The van der Waals surface area contributed by atoms with Gasteiger partial charge in [-0.2, -0.15) is 0 Å². The van der Waals surface area contributed by atoms with Crippen LogP contribution in [0.1, 0.15) is 26.3 Å². The van der Waals surface area contributed by atoms with Crippen LogP contribution < -0.4 is 5.32 Å². The molecular weight excluding hydrogens is 278 g/mol. The van der Waals surface area contributed by atoms with Gasteiger partial charge in [-0.3, -0.25) is 4.79 Å². The SMILES string of the molecule is CC(C)(C)[C@H](Cl)C(=O)C(Cc1ccccc1)NC(=O)O. The molecule has 4 nitrogen and oxygen atoms in total. The van der Waals surface area contributed by atoms with Crippen LogP contribution in [0.3, 0.4) is 0 Å². The minimum atomic E-state index is -1.22. The van der Waals surface area contributed by atoms with Gasteiger partial charge >= 0.3 is 6.09 Å². The van der Waals surface area contributed by atoms with Crippen molar-refractivity contribution in [3.8, 4) is 0 Å². The highest BCUT2D eigenvalue weighted by Gasteiger charge is 2.34. The fourth-order valence-corrected chi connectivity index (χ4v) is 1.98. The lowest BCUT2D eigenvalue weighted by Gasteiger charge is -2.27. The van der Waals surface area contributed by atoms with Crippen LogP contribution in [-0.2, 0) is 11.2 Å². The van der Waals surface area contributed by atoms with Gasteiger partial charge in [-0.05, 0) is 17.4 Å². The topological polar surface area (TPSA) is 66.4 Å². The Balaban J connectivity index is 2.89. The van der Waals surface area contributed by atoms with Gasteiger partial charge in [0.1, 0.15) is 0 Å². The van der Waals surface area contributed by atoms with E-state index < -0.39 is 22.9 Å². The molecule has 0 aliphatic carbocycles. The van der Waals surface area contributed by atoms with Crippen molar-refractivity contribution in [3.05, 3.63) is 35.9 Å². The molecule has 1 unspecified atom stereocenters. The second-order valence-electron chi connectivity index (χ2n) is 5.82. The van der Waals surface area contributed by atoms with E-state index >= 15 is 0 Å². The van der Waals surface area contributed by atoms with E-state index in [0.717, 1.165) is 5.56 Å². The molecule has 5 heteroatoms. The third-order valence-electron chi connectivity index (χ3n) is 2.93. The van der Waals surface area contributed by atoms with Crippen LogP contribution in [0.2, 0.25) is 0 Å². The predicted octanol–water partition coefficient (Wildman–Crippen LogP) is 3.09. The Morgan fingerprint density at radius 3 is 2.25 bits per heavy atom. The molecule has 110 valence electrons. The highest BCUT2D eigenvalue weighted by atomic mass is 35.5. The Morgan fingerprint density at radius 2 is 1.80 bits per heavy atom. The number of halogens is 1. The Hall–Kier alpha value is -1.55. The summed E-state index contributed by atoms with van der Waals surface area (Å²) in [7, 11) is 0. The van der Waals surface area contributed by atoms with Crippen LogP contribution >= 0.6 is 11.6 Å². The van der Waals surface area contributed by atoms with Gasteiger partial charge in [0.05, 0.1) is 11.4 Å². The number of nitrogens with one attached hydrogen (secondary N) is 1. The van der Waals surface area contributed by atoms with Crippen molar-refractivity contribution in [1.82, 2.24) is 5.32 Å². The van der Waals surface area contributed by atoms with Crippen LogP contribution in [0.4, 0.5) is 4.79 Å². The number of benzene rings is 1. The monoisotopic (exact) mass is 297 g/mol. The summed E-state index contributed by atoms with van der Waals surface area (Å²) in [4.78, 5) is 23.2. The lowest BCUT2D eigenvalue weighted by molar-refractivity contribution is -0.122. The minimum Gasteiger partial charge on any atom is -0.465 e. The van der Waals surface area contributed by atoms with Gasteiger partial charge in [-0.25, -0.2) is 4.79 Å². The van der Waals surface area contributed by atoms with Crippen LogP contribution in [0.5, 0.6) is 0 Å². The first kappa shape index (κ1) is 16.5. The van der Waals surface area contributed by atoms with Crippen molar-refractivity contribution in [3.63, 3.8) is 0 Å². The number of Topliss-reactive ketones (excluding diaryl/α,β-unsaturated/α-hetero) is 1. The summed E-state index contributed by atoms with van der Waals surface area (Å²) in [6.07, 6.45) is -0.928. The van der Waals surface area contributed by atoms with Crippen molar-refractivity contribution in [2.24, 2.45) is 5.41 Å². The Morgan fingerprint density at radius 1 is 1.25 bits per heavy atom. The maximum atomic E-state index is 12.4. The number of amides is 1. The van der Waals surface area contributed by atoms with E-state index in [1.54, 1.807) is 0 Å². The Kier molecular flexibility index (Phi) is 5.57. The third kappa shape index (κ3) is 4.85. The maximum Gasteiger partial charge on any atom is 0.405 e. The highest BCUT2D eigenvalue weighted by Crippen LogP contribution is 2.26. The number of hydrogen-bond acceptors (Lipinski definition) is 2. The number of carboxylic acid groups (broad SMARTS) is 1. The van der Waals surface area contributed by atoms with Gasteiger partial charge < -0.3 is 10.4 Å². The minimum absolute atomic E-state index is 0.297. The first-order chi connectivity index (χ1) is 9.21. The molecule has 1 aromatic carbocycles. The van der Waals surface area contributed by atoms with Crippen molar-refractivity contribution in [2.75, 3.05) is 0 Å². The molecule has 0 aliphatic rings. The molecule has 0 radical (unpaired) electrons. The van der Waals surface area contributed by atoms with E-state index in [9.17, 15) is 9.59 Å². The summed E-state index contributed by atoms with van der Waals surface area (Å²) >= 11 is 6.17. The highest BCUT2D eigenvalue weighted by molar-refractivity contribution is 6.32. The molecule has 20 heavy (non-hydrogen) atoms. The molecule has 0 spiro atoms. The fourth-order valence-electron chi connectivity index (χ4n) is 1.83. The summed E-state index contributed by atoms with van der Waals surface area (Å²) in [6, 6.07) is 8.43. The molecule has 2 atom stereocenters. The van der Waals surface area contributed by atoms with E-state index in [1.807, 2.05) is 51.1 Å². The van der Waals surface area contributed by atoms with E-state index in [4.69, 9.17) is 16.7 Å². The first-order valence-electron chi connectivity index (χ1n) is 6.43. The second kappa shape index (κ2) is 6.75. The predicted molar refractivity (Wildman–Crippen MR) is 79.2 cm³/mol. The lowest BCUT2D eigenvalue weighted by atomic mass is 9.86. The maximum absolute atomic E-state index is 12.4. The van der Waals surface area contributed by atoms with Gasteiger partial charge in [-0.15, -0.1) is 11.6 Å². The van der Waals surface area contributed by atoms with Gasteiger partial charge in [0.2, 0.25) is 0 Å². The molecule has 0 aromatic heterocycles. The molecule has 0 aliphatic heterocycles. The van der Waals surface area contributed by atoms with Crippen LogP contribution in [-0.4, -0.2) is 28.4 Å². The number of alkyl halides is 1. The summed E-state index contributed by atoms with van der Waals surface area (Å²) in [5, 5.41) is 10.4. The first-order valence-corrected chi connectivity index (χ1v) is 6.86. The molecule has 0 fully saturated rings. The number of carbonyl (C=O) groups is 2. The zero-order chi connectivity index (χ0) is 15.3. The van der Waals surface area contributed by atoms with Gasteiger partial charge in [-0.1, -0.05) is 51.1 Å². The lowest BCUT2D eigenvalue weighted by Crippen LogP contribution is -2.47. The van der Waals surface area contributed by atoms with Crippen molar-refractivity contribution < 1.29 is 14.7 Å². The third-order valence-corrected chi connectivity index (χ3v) is 3.80. The van der Waals surface area contributed by atoms with Gasteiger partial charge in [0.15, 0.2) is 5.78 Å². The number of rotatable bonds is 5.